The predicted molar refractivity (Wildman–Crippen MR) is 81.5 cm³/mol. The van der Waals surface area contributed by atoms with Crippen LogP contribution in [0.25, 0.3) is 0 Å². The Morgan fingerprint density at radius 1 is 1.26 bits per heavy atom. The molecule has 0 saturated heterocycles. The van der Waals surface area contributed by atoms with Crippen molar-refractivity contribution >= 4 is 38.9 Å². The Morgan fingerprint density at radius 3 is 2.63 bits per heavy atom. The van der Waals surface area contributed by atoms with Gasteiger partial charge < -0.3 is 16.8 Å². The first-order chi connectivity index (χ1) is 8.97. The average molecular weight is 320 g/mol. The van der Waals surface area contributed by atoms with Crippen LogP contribution in [-0.4, -0.2) is 5.91 Å². The highest BCUT2D eigenvalue weighted by atomic mass is 79.9. The van der Waals surface area contributed by atoms with E-state index in [1.54, 1.807) is 18.2 Å². The molecule has 0 aliphatic heterocycles. The monoisotopic (exact) mass is 319 g/mol. The lowest BCUT2D eigenvalue weighted by Crippen LogP contribution is -2.14. The minimum absolute atomic E-state index is 0.373. The fourth-order valence-electron chi connectivity index (χ4n) is 1.87. The van der Waals surface area contributed by atoms with Gasteiger partial charge in [-0.2, -0.15) is 0 Å². The van der Waals surface area contributed by atoms with E-state index in [1.807, 2.05) is 25.1 Å². The van der Waals surface area contributed by atoms with Gasteiger partial charge in [0, 0.05) is 10.2 Å². The molecule has 0 bridgehead atoms. The van der Waals surface area contributed by atoms with Crippen LogP contribution >= 0.6 is 15.9 Å². The topological polar surface area (TPSA) is 81.1 Å². The smallest absolute Gasteiger partial charge is 0.250 e. The van der Waals surface area contributed by atoms with E-state index in [4.69, 9.17) is 11.5 Å². The number of rotatable bonds is 3. The van der Waals surface area contributed by atoms with Crippen LogP contribution < -0.4 is 16.8 Å². The second-order valence-corrected chi connectivity index (χ2v) is 5.19. The Hall–Kier alpha value is -2.01. The summed E-state index contributed by atoms with van der Waals surface area (Å²) in [6.07, 6.45) is 0. The minimum Gasteiger partial charge on any atom is -0.397 e. The summed E-state index contributed by atoms with van der Waals surface area (Å²) in [5.74, 6) is -0.512. The molecule has 2 aromatic carbocycles. The normalized spacial score (nSPS) is 10.2. The summed E-state index contributed by atoms with van der Waals surface area (Å²) in [7, 11) is 0. The molecular weight excluding hydrogens is 306 g/mol. The second kappa shape index (κ2) is 5.32. The summed E-state index contributed by atoms with van der Waals surface area (Å²) in [6.45, 7) is 1.99. The summed E-state index contributed by atoms with van der Waals surface area (Å²) < 4.78 is 0.949. The Kier molecular flexibility index (Phi) is 3.76. The average Bonchev–Trinajstić information content (AvgIpc) is 2.30. The lowest BCUT2D eigenvalue weighted by Gasteiger charge is -2.13. The van der Waals surface area contributed by atoms with Crippen LogP contribution in [0.3, 0.4) is 0 Å². The van der Waals surface area contributed by atoms with Gasteiger partial charge in [-0.3, -0.25) is 4.79 Å². The van der Waals surface area contributed by atoms with Gasteiger partial charge >= 0.3 is 0 Å². The highest BCUT2D eigenvalue weighted by Gasteiger charge is 2.11. The molecule has 0 aliphatic carbocycles. The Bertz CT molecular complexity index is 620. The number of para-hydroxylation sites is 1. The zero-order valence-electron chi connectivity index (χ0n) is 10.4. The van der Waals surface area contributed by atoms with E-state index in [0.29, 0.717) is 16.9 Å². The molecule has 2 aromatic rings. The van der Waals surface area contributed by atoms with Gasteiger partial charge in [0.05, 0.1) is 16.9 Å². The summed E-state index contributed by atoms with van der Waals surface area (Å²) in [6, 6.07) is 10.9. The molecule has 98 valence electrons. The van der Waals surface area contributed by atoms with Crippen molar-refractivity contribution in [3.63, 3.8) is 0 Å². The van der Waals surface area contributed by atoms with Crippen LogP contribution in [0, 0.1) is 6.92 Å². The van der Waals surface area contributed by atoms with E-state index in [1.165, 1.54) is 0 Å². The number of aryl methyl sites for hydroxylation is 1. The SMILES string of the molecule is Cc1cc(Br)cc(Nc2c(N)cccc2C(N)=O)c1. The van der Waals surface area contributed by atoms with Gasteiger partial charge in [0.2, 0.25) is 0 Å². The highest BCUT2D eigenvalue weighted by Crippen LogP contribution is 2.29. The molecule has 0 unspecified atom stereocenters. The molecule has 0 heterocycles. The maximum absolute atomic E-state index is 11.4. The highest BCUT2D eigenvalue weighted by molar-refractivity contribution is 9.10. The first kappa shape index (κ1) is 13.4. The van der Waals surface area contributed by atoms with E-state index in [-0.39, 0.29) is 0 Å². The number of amides is 1. The van der Waals surface area contributed by atoms with Gasteiger partial charge in [0.25, 0.3) is 5.91 Å². The van der Waals surface area contributed by atoms with Gasteiger partial charge in [-0.25, -0.2) is 0 Å². The first-order valence-electron chi connectivity index (χ1n) is 5.70. The van der Waals surface area contributed by atoms with Gasteiger partial charge in [0.15, 0.2) is 0 Å². The number of carbonyl (C=O) groups excluding carboxylic acids is 1. The van der Waals surface area contributed by atoms with E-state index in [9.17, 15) is 4.79 Å². The van der Waals surface area contributed by atoms with Gasteiger partial charge in [-0.1, -0.05) is 22.0 Å². The molecule has 0 radical (unpaired) electrons. The van der Waals surface area contributed by atoms with Gasteiger partial charge in [0.1, 0.15) is 0 Å². The van der Waals surface area contributed by atoms with E-state index < -0.39 is 5.91 Å². The number of hydrogen-bond acceptors (Lipinski definition) is 3. The van der Waals surface area contributed by atoms with Crippen molar-refractivity contribution in [3.8, 4) is 0 Å². The van der Waals surface area contributed by atoms with Crippen molar-refractivity contribution in [2.45, 2.75) is 6.92 Å². The number of nitrogens with one attached hydrogen (secondary N) is 1. The molecule has 4 nitrogen and oxygen atoms in total. The van der Waals surface area contributed by atoms with Crippen molar-refractivity contribution in [3.05, 3.63) is 52.0 Å². The maximum atomic E-state index is 11.4. The molecule has 0 aromatic heterocycles. The molecule has 0 saturated carbocycles. The Balaban J connectivity index is 2.45. The standard InChI is InChI=1S/C14H14BrN3O/c1-8-5-9(15)7-10(6-8)18-13-11(14(17)19)3-2-4-12(13)16/h2-7,18H,16H2,1H3,(H2,17,19). The molecule has 0 aliphatic rings. The van der Waals surface area contributed by atoms with Crippen molar-refractivity contribution < 1.29 is 4.79 Å². The van der Waals surface area contributed by atoms with E-state index >= 15 is 0 Å². The fourth-order valence-corrected chi connectivity index (χ4v) is 2.48. The maximum Gasteiger partial charge on any atom is 0.250 e. The van der Waals surface area contributed by atoms with Crippen LogP contribution in [-0.2, 0) is 0 Å². The van der Waals surface area contributed by atoms with Crippen molar-refractivity contribution in [2.75, 3.05) is 11.1 Å². The van der Waals surface area contributed by atoms with E-state index in [2.05, 4.69) is 21.2 Å². The summed E-state index contributed by atoms with van der Waals surface area (Å²) in [5.41, 5.74) is 14.6. The number of benzene rings is 2. The third-order valence-electron chi connectivity index (χ3n) is 2.67. The number of anilines is 3. The third-order valence-corrected chi connectivity index (χ3v) is 3.13. The minimum atomic E-state index is -0.512. The molecule has 0 atom stereocenters. The number of nitrogen functional groups attached to an aromatic ring is 1. The third kappa shape index (κ3) is 3.06. The summed E-state index contributed by atoms with van der Waals surface area (Å²) >= 11 is 3.43. The zero-order valence-corrected chi connectivity index (χ0v) is 12.0. The molecular formula is C14H14BrN3O. The van der Waals surface area contributed by atoms with Crippen molar-refractivity contribution in [1.29, 1.82) is 0 Å². The molecule has 0 spiro atoms. The first-order valence-corrected chi connectivity index (χ1v) is 6.49. The molecule has 0 fully saturated rings. The molecule has 2 rings (SSSR count). The van der Waals surface area contributed by atoms with Crippen LogP contribution in [0.1, 0.15) is 15.9 Å². The van der Waals surface area contributed by atoms with Crippen molar-refractivity contribution in [2.24, 2.45) is 5.73 Å². The number of primary amides is 1. The zero-order chi connectivity index (χ0) is 14.0. The van der Waals surface area contributed by atoms with Crippen LogP contribution in [0.4, 0.5) is 17.1 Å². The number of nitrogens with two attached hydrogens (primary N) is 2. The number of halogens is 1. The van der Waals surface area contributed by atoms with E-state index in [0.717, 1.165) is 15.7 Å². The summed E-state index contributed by atoms with van der Waals surface area (Å²) in [4.78, 5) is 11.4. The Labute approximate surface area is 119 Å². The van der Waals surface area contributed by atoms with Crippen molar-refractivity contribution in [1.82, 2.24) is 0 Å². The summed E-state index contributed by atoms with van der Waals surface area (Å²) in [5, 5.41) is 3.15. The number of hydrogen-bond donors (Lipinski definition) is 3. The second-order valence-electron chi connectivity index (χ2n) is 4.28. The largest absolute Gasteiger partial charge is 0.397 e. The van der Waals surface area contributed by atoms with Crippen LogP contribution in [0.2, 0.25) is 0 Å². The fraction of sp³-hybridized carbons (Fsp3) is 0.0714. The molecule has 5 heteroatoms. The van der Waals surface area contributed by atoms with Gasteiger partial charge in [-0.05, 0) is 42.8 Å². The molecule has 1 amide bonds. The quantitative estimate of drug-likeness (QED) is 0.760. The lowest BCUT2D eigenvalue weighted by atomic mass is 10.1. The van der Waals surface area contributed by atoms with Crippen LogP contribution in [0.15, 0.2) is 40.9 Å². The van der Waals surface area contributed by atoms with Crippen LogP contribution in [0.5, 0.6) is 0 Å². The predicted octanol–water partition coefficient (Wildman–Crippen LogP) is 3.18. The molecule has 19 heavy (non-hydrogen) atoms. The molecule has 5 N–H and O–H groups in total. The van der Waals surface area contributed by atoms with Gasteiger partial charge in [-0.15, -0.1) is 0 Å². The Morgan fingerprint density at radius 2 is 2.00 bits per heavy atom. The lowest BCUT2D eigenvalue weighted by molar-refractivity contribution is 0.100. The number of carbonyl (C=O) groups is 1.